The second-order valence-electron chi connectivity index (χ2n) is 5.31. The van der Waals surface area contributed by atoms with E-state index in [1.54, 1.807) is 0 Å². The van der Waals surface area contributed by atoms with Crippen molar-refractivity contribution >= 4 is 11.7 Å². The number of hydrogen-bond acceptors (Lipinski definition) is 1. The van der Waals surface area contributed by atoms with Crippen LogP contribution < -0.4 is 10.2 Å². The minimum Gasteiger partial charge on any atom is -0.335 e. The Morgan fingerprint density at radius 1 is 1.50 bits per heavy atom. The van der Waals surface area contributed by atoms with Gasteiger partial charge in [0, 0.05) is 18.3 Å². The van der Waals surface area contributed by atoms with E-state index >= 15 is 0 Å². The zero-order chi connectivity index (χ0) is 13.1. The van der Waals surface area contributed by atoms with E-state index in [1.165, 1.54) is 5.56 Å². The summed E-state index contributed by atoms with van der Waals surface area (Å²) < 4.78 is 0. The van der Waals surface area contributed by atoms with E-state index < -0.39 is 0 Å². The van der Waals surface area contributed by atoms with Crippen molar-refractivity contribution in [3.8, 4) is 0 Å². The number of nitrogens with zero attached hydrogens (tertiary/aromatic N) is 1. The molecule has 98 valence electrons. The lowest BCUT2D eigenvalue weighted by atomic mass is 9.94. The number of carbonyl (C=O) groups excluding carboxylic acids is 1. The molecule has 3 heteroatoms. The molecule has 18 heavy (non-hydrogen) atoms. The standard InChI is InChI=1S/C15H22N2O/c1-4-12(3)16-15(18)17-10-11(2)9-13-7-5-6-8-14(13)17/h5-8,11-12H,4,9-10H2,1-3H3,(H,16,18). The first-order valence-electron chi connectivity index (χ1n) is 6.77. The van der Waals surface area contributed by atoms with E-state index in [2.05, 4.69) is 25.2 Å². The van der Waals surface area contributed by atoms with Crippen molar-refractivity contribution in [3.05, 3.63) is 29.8 Å². The largest absolute Gasteiger partial charge is 0.335 e. The molecule has 3 nitrogen and oxygen atoms in total. The van der Waals surface area contributed by atoms with Gasteiger partial charge >= 0.3 is 6.03 Å². The number of fused-ring (bicyclic) bond motifs is 1. The Morgan fingerprint density at radius 3 is 2.94 bits per heavy atom. The van der Waals surface area contributed by atoms with Gasteiger partial charge in [0.15, 0.2) is 0 Å². The van der Waals surface area contributed by atoms with Gasteiger partial charge in [-0.1, -0.05) is 32.0 Å². The molecule has 0 saturated heterocycles. The summed E-state index contributed by atoms with van der Waals surface area (Å²) in [7, 11) is 0. The lowest BCUT2D eigenvalue weighted by molar-refractivity contribution is 0.241. The Morgan fingerprint density at radius 2 is 2.22 bits per heavy atom. The number of benzene rings is 1. The van der Waals surface area contributed by atoms with Gasteiger partial charge in [-0.05, 0) is 37.3 Å². The van der Waals surface area contributed by atoms with E-state index in [0.717, 1.165) is 25.1 Å². The lowest BCUT2D eigenvalue weighted by Crippen LogP contribution is -2.47. The van der Waals surface area contributed by atoms with Gasteiger partial charge < -0.3 is 5.32 Å². The Labute approximate surface area is 109 Å². The van der Waals surface area contributed by atoms with Gasteiger partial charge in [-0.2, -0.15) is 0 Å². The molecule has 0 aliphatic carbocycles. The summed E-state index contributed by atoms with van der Waals surface area (Å²) in [5, 5.41) is 3.05. The van der Waals surface area contributed by atoms with Crippen LogP contribution in [0.25, 0.3) is 0 Å². The summed E-state index contributed by atoms with van der Waals surface area (Å²) in [6.45, 7) is 7.12. The maximum atomic E-state index is 12.3. The van der Waals surface area contributed by atoms with Gasteiger partial charge in [0.05, 0.1) is 0 Å². The van der Waals surface area contributed by atoms with Gasteiger partial charge in [-0.15, -0.1) is 0 Å². The summed E-state index contributed by atoms with van der Waals surface area (Å²) >= 11 is 0. The van der Waals surface area contributed by atoms with Gasteiger partial charge in [-0.25, -0.2) is 4.79 Å². The number of rotatable bonds is 2. The molecule has 0 spiro atoms. The molecule has 2 rings (SSSR count). The molecule has 1 N–H and O–H groups in total. The van der Waals surface area contributed by atoms with Crippen molar-refractivity contribution < 1.29 is 4.79 Å². The molecule has 1 aromatic carbocycles. The monoisotopic (exact) mass is 246 g/mol. The smallest absolute Gasteiger partial charge is 0.322 e. The molecule has 1 aromatic rings. The van der Waals surface area contributed by atoms with E-state index in [0.29, 0.717) is 5.92 Å². The minimum atomic E-state index is 0.0309. The van der Waals surface area contributed by atoms with Crippen molar-refractivity contribution in [1.29, 1.82) is 0 Å². The molecule has 0 fully saturated rings. The number of carbonyl (C=O) groups is 1. The number of urea groups is 1. The van der Waals surface area contributed by atoms with E-state index in [1.807, 2.05) is 30.0 Å². The van der Waals surface area contributed by atoms with Crippen LogP contribution in [0.4, 0.5) is 10.5 Å². The summed E-state index contributed by atoms with van der Waals surface area (Å²) in [6, 6.07) is 8.46. The molecule has 2 unspecified atom stereocenters. The highest BCUT2D eigenvalue weighted by molar-refractivity contribution is 5.93. The second-order valence-corrected chi connectivity index (χ2v) is 5.31. The Balaban J connectivity index is 2.20. The minimum absolute atomic E-state index is 0.0309. The van der Waals surface area contributed by atoms with E-state index in [4.69, 9.17) is 0 Å². The molecule has 0 radical (unpaired) electrons. The van der Waals surface area contributed by atoms with Crippen molar-refractivity contribution in [2.45, 2.75) is 39.7 Å². The Hall–Kier alpha value is -1.51. The molecule has 1 heterocycles. The molecule has 1 aliphatic rings. The topological polar surface area (TPSA) is 32.3 Å². The average Bonchev–Trinajstić information content (AvgIpc) is 2.37. The van der Waals surface area contributed by atoms with Crippen molar-refractivity contribution in [2.24, 2.45) is 5.92 Å². The zero-order valence-corrected chi connectivity index (χ0v) is 11.4. The number of nitrogens with one attached hydrogen (secondary N) is 1. The Bertz CT molecular complexity index is 430. The summed E-state index contributed by atoms with van der Waals surface area (Å²) in [5.41, 5.74) is 2.34. The quantitative estimate of drug-likeness (QED) is 0.854. The Kier molecular flexibility index (Phi) is 3.90. The molecule has 0 saturated carbocycles. The SMILES string of the molecule is CCC(C)NC(=O)N1CC(C)Cc2ccccc21. The maximum Gasteiger partial charge on any atom is 0.322 e. The zero-order valence-electron chi connectivity index (χ0n) is 11.4. The third-order valence-electron chi connectivity index (χ3n) is 3.57. The summed E-state index contributed by atoms with van der Waals surface area (Å²) in [5.74, 6) is 0.516. The first-order chi connectivity index (χ1) is 8.61. The average molecular weight is 246 g/mol. The van der Waals surface area contributed by atoms with Crippen LogP contribution in [0.1, 0.15) is 32.8 Å². The van der Waals surface area contributed by atoms with E-state index in [9.17, 15) is 4.79 Å². The van der Waals surface area contributed by atoms with Crippen molar-refractivity contribution in [3.63, 3.8) is 0 Å². The van der Waals surface area contributed by atoms with Gasteiger partial charge in [0.25, 0.3) is 0 Å². The van der Waals surface area contributed by atoms with Crippen LogP contribution in [0.3, 0.4) is 0 Å². The highest BCUT2D eigenvalue weighted by Crippen LogP contribution is 2.29. The fourth-order valence-corrected chi connectivity index (χ4v) is 2.38. The lowest BCUT2D eigenvalue weighted by Gasteiger charge is -2.33. The number of para-hydroxylation sites is 1. The molecule has 1 aliphatic heterocycles. The van der Waals surface area contributed by atoms with Crippen LogP contribution >= 0.6 is 0 Å². The van der Waals surface area contributed by atoms with Crippen LogP contribution in [-0.2, 0) is 6.42 Å². The number of amides is 2. The van der Waals surface area contributed by atoms with Crippen LogP contribution in [0.15, 0.2) is 24.3 Å². The molecular formula is C15H22N2O. The van der Waals surface area contributed by atoms with Crippen LogP contribution in [-0.4, -0.2) is 18.6 Å². The summed E-state index contributed by atoms with van der Waals surface area (Å²) in [4.78, 5) is 14.2. The number of anilines is 1. The maximum absolute atomic E-state index is 12.3. The van der Waals surface area contributed by atoms with Crippen LogP contribution in [0.2, 0.25) is 0 Å². The number of hydrogen-bond donors (Lipinski definition) is 1. The molecule has 2 atom stereocenters. The van der Waals surface area contributed by atoms with E-state index in [-0.39, 0.29) is 12.1 Å². The highest BCUT2D eigenvalue weighted by atomic mass is 16.2. The van der Waals surface area contributed by atoms with Gasteiger partial charge in [-0.3, -0.25) is 4.90 Å². The highest BCUT2D eigenvalue weighted by Gasteiger charge is 2.26. The van der Waals surface area contributed by atoms with Gasteiger partial charge in [0.1, 0.15) is 0 Å². The van der Waals surface area contributed by atoms with Crippen LogP contribution in [0, 0.1) is 5.92 Å². The predicted octanol–water partition coefficient (Wildman–Crippen LogP) is 3.19. The molecule has 0 bridgehead atoms. The normalized spacial score (nSPS) is 20.2. The fraction of sp³-hybridized carbons (Fsp3) is 0.533. The van der Waals surface area contributed by atoms with Crippen molar-refractivity contribution in [1.82, 2.24) is 5.32 Å². The third kappa shape index (κ3) is 2.66. The van der Waals surface area contributed by atoms with Crippen LogP contribution in [0.5, 0.6) is 0 Å². The molecule has 0 aromatic heterocycles. The molecular weight excluding hydrogens is 224 g/mol. The predicted molar refractivity (Wildman–Crippen MR) is 74.9 cm³/mol. The van der Waals surface area contributed by atoms with Gasteiger partial charge in [0.2, 0.25) is 0 Å². The van der Waals surface area contributed by atoms with Crippen molar-refractivity contribution in [2.75, 3.05) is 11.4 Å². The second kappa shape index (κ2) is 5.42. The third-order valence-corrected chi connectivity index (χ3v) is 3.57. The fourth-order valence-electron chi connectivity index (χ4n) is 2.38. The summed E-state index contributed by atoms with van der Waals surface area (Å²) in [6.07, 6.45) is 2.01. The molecule has 2 amide bonds. The first kappa shape index (κ1) is 12.9. The first-order valence-corrected chi connectivity index (χ1v) is 6.77.